The van der Waals surface area contributed by atoms with E-state index in [2.05, 4.69) is 16.9 Å². The fourth-order valence-corrected chi connectivity index (χ4v) is 1.82. The van der Waals surface area contributed by atoms with Crippen LogP contribution < -0.4 is 10.6 Å². The number of pyridine rings is 1. The van der Waals surface area contributed by atoms with Crippen molar-refractivity contribution in [1.82, 2.24) is 4.98 Å². The molecule has 1 heterocycles. The van der Waals surface area contributed by atoms with Gasteiger partial charge in [0.1, 0.15) is 10.8 Å². The lowest BCUT2D eigenvalue weighted by atomic mass is 9.92. The van der Waals surface area contributed by atoms with Crippen LogP contribution in [0.25, 0.3) is 0 Å². The average molecular weight is 221 g/mol. The third-order valence-corrected chi connectivity index (χ3v) is 3.25. The minimum Gasteiger partial charge on any atom is -0.389 e. The summed E-state index contributed by atoms with van der Waals surface area (Å²) in [7, 11) is 2.09. The monoisotopic (exact) mass is 221 g/mol. The van der Waals surface area contributed by atoms with Gasteiger partial charge in [0.15, 0.2) is 0 Å². The van der Waals surface area contributed by atoms with Gasteiger partial charge >= 0.3 is 0 Å². The van der Waals surface area contributed by atoms with Gasteiger partial charge in [-0.25, -0.2) is 4.98 Å². The Balaban J connectivity index is 2.11. The maximum absolute atomic E-state index is 5.51. The molecule has 1 aromatic rings. The van der Waals surface area contributed by atoms with E-state index in [0.717, 1.165) is 11.4 Å². The number of nitrogens with zero attached hydrogens (tertiary/aromatic N) is 2. The third kappa shape index (κ3) is 2.09. The van der Waals surface area contributed by atoms with Crippen LogP contribution in [-0.2, 0) is 0 Å². The van der Waals surface area contributed by atoms with E-state index in [1.54, 1.807) is 6.20 Å². The van der Waals surface area contributed by atoms with Crippen LogP contribution in [0.4, 0.5) is 5.82 Å². The lowest BCUT2D eigenvalue weighted by molar-refractivity contribution is 0.399. The van der Waals surface area contributed by atoms with E-state index in [1.807, 2.05) is 12.1 Å². The minimum atomic E-state index is 0.403. The molecular weight excluding hydrogens is 206 g/mol. The van der Waals surface area contributed by atoms with Crippen LogP contribution in [0, 0.1) is 0 Å². The summed E-state index contributed by atoms with van der Waals surface area (Å²) in [6, 6.07) is 4.57. The van der Waals surface area contributed by atoms with Crippen LogP contribution in [-0.4, -0.2) is 23.1 Å². The molecule has 0 amide bonds. The summed E-state index contributed by atoms with van der Waals surface area (Å²) in [4.78, 5) is 6.99. The molecule has 1 aliphatic carbocycles. The molecule has 0 spiro atoms. The van der Waals surface area contributed by atoms with Gasteiger partial charge in [-0.15, -0.1) is 0 Å². The predicted molar refractivity (Wildman–Crippen MR) is 66.2 cm³/mol. The summed E-state index contributed by atoms with van der Waals surface area (Å²) in [6.07, 6.45) is 5.62. The standard InChI is InChI=1S/C11H15N3S/c1-14(9-3-2-4-9)10-6-5-8(7-13-10)11(12)15/h5-7,9H,2-4H2,1H3,(H2,12,15). The first kappa shape index (κ1) is 10.4. The van der Waals surface area contributed by atoms with Crippen molar-refractivity contribution in [2.24, 2.45) is 5.73 Å². The highest BCUT2D eigenvalue weighted by Crippen LogP contribution is 2.26. The Morgan fingerprint density at radius 3 is 2.67 bits per heavy atom. The van der Waals surface area contributed by atoms with Crippen molar-refractivity contribution in [2.45, 2.75) is 25.3 Å². The zero-order valence-electron chi connectivity index (χ0n) is 8.81. The molecule has 0 saturated heterocycles. The summed E-state index contributed by atoms with van der Waals surface area (Å²) in [5.74, 6) is 1.000. The number of aromatic nitrogens is 1. The molecule has 3 nitrogen and oxygen atoms in total. The maximum atomic E-state index is 5.51. The molecule has 4 heteroatoms. The molecule has 80 valence electrons. The van der Waals surface area contributed by atoms with Crippen LogP contribution in [0.5, 0.6) is 0 Å². The first-order valence-electron chi connectivity index (χ1n) is 5.17. The summed E-state index contributed by atoms with van der Waals surface area (Å²) >= 11 is 4.88. The molecule has 1 saturated carbocycles. The van der Waals surface area contributed by atoms with E-state index < -0.39 is 0 Å². The molecule has 0 atom stereocenters. The van der Waals surface area contributed by atoms with Crippen molar-refractivity contribution in [3.8, 4) is 0 Å². The van der Waals surface area contributed by atoms with Crippen molar-refractivity contribution >= 4 is 23.0 Å². The van der Waals surface area contributed by atoms with Gasteiger partial charge in [0, 0.05) is 24.8 Å². The molecule has 0 unspecified atom stereocenters. The Bertz CT molecular complexity index is 357. The second kappa shape index (κ2) is 4.14. The zero-order valence-corrected chi connectivity index (χ0v) is 9.63. The first-order valence-corrected chi connectivity index (χ1v) is 5.58. The Morgan fingerprint density at radius 2 is 2.27 bits per heavy atom. The fraction of sp³-hybridized carbons (Fsp3) is 0.455. The van der Waals surface area contributed by atoms with Gasteiger partial charge in [0.25, 0.3) is 0 Å². The molecule has 15 heavy (non-hydrogen) atoms. The number of anilines is 1. The van der Waals surface area contributed by atoms with Crippen molar-refractivity contribution in [3.63, 3.8) is 0 Å². The van der Waals surface area contributed by atoms with Gasteiger partial charge in [0.2, 0.25) is 0 Å². The van der Waals surface area contributed by atoms with Crippen LogP contribution in [0.3, 0.4) is 0 Å². The Hall–Kier alpha value is -1.16. The molecular formula is C11H15N3S. The van der Waals surface area contributed by atoms with E-state index in [9.17, 15) is 0 Å². The van der Waals surface area contributed by atoms with E-state index in [1.165, 1.54) is 19.3 Å². The second-order valence-corrected chi connectivity index (χ2v) is 4.40. The lowest BCUT2D eigenvalue weighted by Gasteiger charge is -2.35. The van der Waals surface area contributed by atoms with Gasteiger partial charge in [-0.1, -0.05) is 12.2 Å². The molecule has 0 bridgehead atoms. The largest absolute Gasteiger partial charge is 0.389 e. The first-order chi connectivity index (χ1) is 7.18. The van der Waals surface area contributed by atoms with Crippen LogP contribution in [0.15, 0.2) is 18.3 Å². The Kier molecular flexibility index (Phi) is 2.86. The smallest absolute Gasteiger partial charge is 0.128 e. The third-order valence-electron chi connectivity index (χ3n) is 3.02. The average Bonchev–Trinajstić information content (AvgIpc) is 2.15. The highest BCUT2D eigenvalue weighted by Gasteiger charge is 2.22. The van der Waals surface area contributed by atoms with E-state index in [4.69, 9.17) is 18.0 Å². The van der Waals surface area contributed by atoms with Crippen LogP contribution in [0.1, 0.15) is 24.8 Å². The van der Waals surface area contributed by atoms with E-state index >= 15 is 0 Å². The normalized spacial score (nSPS) is 15.8. The van der Waals surface area contributed by atoms with Gasteiger partial charge < -0.3 is 10.6 Å². The van der Waals surface area contributed by atoms with Crippen molar-refractivity contribution in [3.05, 3.63) is 23.9 Å². The molecule has 1 aromatic heterocycles. The molecule has 0 aliphatic heterocycles. The highest BCUT2D eigenvalue weighted by molar-refractivity contribution is 7.80. The van der Waals surface area contributed by atoms with E-state index in [-0.39, 0.29) is 0 Å². The molecule has 2 N–H and O–H groups in total. The van der Waals surface area contributed by atoms with Crippen molar-refractivity contribution < 1.29 is 0 Å². The highest BCUT2D eigenvalue weighted by atomic mass is 32.1. The quantitative estimate of drug-likeness (QED) is 0.789. The molecule has 0 radical (unpaired) electrons. The van der Waals surface area contributed by atoms with Gasteiger partial charge in [-0.2, -0.15) is 0 Å². The predicted octanol–water partition coefficient (Wildman–Crippen LogP) is 1.70. The van der Waals surface area contributed by atoms with Gasteiger partial charge in [-0.3, -0.25) is 0 Å². The number of hydrogen-bond donors (Lipinski definition) is 1. The topological polar surface area (TPSA) is 42.1 Å². The number of nitrogens with two attached hydrogens (primary N) is 1. The molecule has 2 rings (SSSR count). The molecule has 1 fully saturated rings. The van der Waals surface area contributed by atoms with Crippen LogP contribution >= 0.6 is 12.2 Å². The maximum Gasteiger partial charge on any atom is 0.128 e. The Morgan fingerprint density at radius 1 is 1.53 bits per heavy atom. The number of thiocarbonyl (C=S) groups is 1. The fourth-order valence-electron chi connectivity index (χ4n) is 1.70. The lowest BCUT2D eigenvalue weighted by Crippen LogP contribution is -2.37. The Labute approximate surface area is 95.3 Å². The second-order valence-electron chi connectivity index (χ2n) is 3.96. The summed E-state index contributed by atoms with van der Waals surface area (Å²) < 4.78 is 0. The summed E-state index contributed by atoms with van der Waals surface area (Å²) in [5, 5.41) is 0. The molecule has 1 aliphatic rings. The SMILES string of the molecule is CN(c1ccc(C(N)=S)cn1)C1CCC1. The number of hydrogen-bond acceptors (Lipinski definition) is 3. The minimum absolute atomic E-state index is 0.403. The van der Waals surface area contributed by atoms with Crippen molar-refractivity contribution in [2.75, 3.05) is 11.9 Å². The number of rotatable bonds is 3. The summed E-state index contributed by atoms with van der Waals surface area (Å²) in [5.41, 5.74) is 6.34. The van der Waals surface area contributed by atoms with Gasteiger partial charge in [-0.05, 0) is 31.4 Å². The zero-order chi connectivity index (χ0) is 10.8. The van der Waals surface area contributed by atoms with Gasteiger partial charge in [0.05, 0.1) is 0 Å². The van der Waals surface area contributed by atoms with E-state index in [0.29, 0.717) is 11.0 Å². The summed E-state index contributed by atoms with van der Waals surface area (Å²) in [6.45, 7) is 0. The van der Waals surface area contributed by atoms with Crippen LogP contribution in [0.2, 0.25) is 0 Å². The van der Waals surface area contributed by atoms with Crippen molar-refractivity contribution in [1.29, 1.82) is 0 Å². The molecule has 0 aromatic carbocycles.